The van der Waals surface area contributed by atoms with Crippen molar-refractivity contribution in [1.29, 1.82) is 0 Å². The third-order valence-corrected chi connectivity index (χ3v) is 3.93. The van der Waals surface area contributed by atoms with Gasteiger partial charge in [-0.1, -0.05) is 29.8 Å². The third-order valence-electron chi connectivity index (χ3n) is 3.93. The number of alkyl halides is 3. The molecule has 0 amide bonds. The summed E-state index contributed by atoms with van der Waals surface area (Å²) >= 11 is 0. The molecule has 0 spiro atoms. The minimum absolute atomic E-state index is 0.110. The van der Waals surface area contributed by atoms with E-state index in [9.17, 15) is 18.0 Å². The zero-order valence-corrected chi connectivity index (χ0v) is 13.6. The topological polar surface area (TPSA) is 39.4 Å². The summed E-state index contributed by atoms with van der Waals surface area (Å²) in [6.45, 7) is 3.80. The quantitative estimate of drug-likeness (QED) is 0.625. The molecule has 0 aliphatic heterocycles. The average molecular weight is 348 g/mol. The molecule has 3 aromatic rings. The number of halogens is 3. The highest BCUT2D eigenvalue weighted by molar-refractivity contribution is 5.85. The third kappa shape index (κ3) is 3.52. The van der Waals surface area contributed by atoms with Crippen LogP contribution in [0.5, 0.6) is 5.75 Å². The lowest BCUT2D eigenvalue weighted by molar-refractivity contribution is -0.136. The molecule has 0 saturated carbocycles. The highest BCUT2D eigenvalue weighted by Crippen LogP contribution is 2.36. The Morgan fingerprint density at radius 1 is 1.04 bits per heavy atom. The normalized spacial score (nSPS) is 11.7. The summed E-state index contributed by atoms with van der Waals surface area (Å²) < 4.78 is 50.1. The van der Waals surface area contributed by atoms with Crippen LogP contribution in [0, 0.1) is 13.8 Å². The first-order valence-electron chi connectivity index (χ1n) is 7.59. The van der Waals surface area contributed by atoms with Gasteiger partial charge in [-0.25, -0.2) is 4.79 Å². The second-order valence-electron chi connectivity index (χ2n) is 5.82. The van der Waals surface area contributed by atoms with E-state index in [1.54, 1.807) is 6.92 Å². The van der Waals surface area contributed by atoms with E-state index < -0.39 is 17.4 Å². The molecule has 2 aromatic carbocycles. The number of hydrogen-bond acceptors (Lipinski definition) is 3. The van der Waals surface area contributed by atoms with Gasteiger partial charge < -0.3 is 9.15 Å². The summed E-state index contributed by atoms with van der Waals surface area (Å²) in [7, 11) is 0. The van der Waals surface area contributed by atoms with Crippen LogP contribution in [-0.4, -0.2) is 0 Å². The van der Waals surface area contributed by atoms with Gasteiger partial charge in [0.1, 0.15) is 17.9 Å². The van der Waals surface area contributed by atoms with E-state index in [1.807, 2.05) is 31.2 Å². The molecule has 0 radical (unpaired) electrons. The molecule has 1 heterocycles. The fourth-order valence-electron chi connectivity index (χ4n) is 2.58. The molecule has 0 aliphatic carbocycles. The summed E-state index contributed by atoms with van der Waals surface area (Å²) in [5.41, 5.74) is 0.238. The Bertz CT molecular complexity index is 970. The van der Waals surface area contributed by atoms with Gasteiger partial charge >= 0.3 is 11.8 Å². The van der Waals surface area contributed by atoms with Crippen LogP contribution in [0.3, 0.4) is 0 Å². The number of ether oxygens (including phenoxy) is 1. The smallest absolute Gasteiger partial charge is 0.417 e. The van der Waals surface area contributed by atoms with Crippen molar-refractivity contribution in [2.45, 2.75) is 26.6 Å². The summed E-state index contributed by atoms with van der Waals surface area (Å²) in [5.74, 6) is 0.371. The van der Waals surface area contributed by atoms with Gasteiger partial charge in [0.05, 0.1) is 5.56 Å². The molecule has 0 saturated heterocycles. The number of benzene rings is 2. The molecule has 0 fully saturated rings. The molecule has 3 rings (SSSR count). The van der Waals surface area contributed by atoms with Gasteiger partial charge in [-0.05, 0) is 31.5 Å². The molecule has 0 N–H and O–H groups in total. The van der Waals surface area contributed by atoms with Crippen LogP contribution >= 0.6 is 0 Å². The summed E-state index contributed by atoms with van der Waals surface area (Å²) in [4.78, 5) is 11.5. The Morgan fingerprint density at radius 2 is 1.72 bits per heavy atom. The maximum atomic E-state index is 13.1. The van der Waals surface area contributed by atoms with E-state index in [0.29, 0.717) is 17.4 Å². The predicted molar refractivity (Wildman–Crippen MR) is 87.7 cm³/mol. The van der Waals surface area contributed by atoms with Gasteiger partial charge in [-0.15, -0.1) is 0 Å². The SMILES string of the molecule is Cc1ccc(COc2ccc3c(C(F)(F)F)cc(=O)oc3c2C)cc1. The minimum Gasteiger partial charge on any atom is -0.488 e. The van der Waals surface area contributed by atoms with E-state index in [1.165, 1.54) is 12.1 Å². The van der Waals surface area contributed by atoms with Crippen LogP contribution in [0.4, 0.5) is 13.2 Å². The lowest BCUT2D eigenvalue weighted by atomic mass is 10.1. The molecule has 1 aromatic heterocycles. The minimum atomic E-state index is -4.63. The van der Waals surface area contributed by atoms with Gasteiger partial charge in [-0.2, -0.15) is 13.2 Å². The molecule has 0 atom stereocenters. The summed E-state index contributed by atoms with van der Waals surface area (Å²) in [5, 5.41) is -0.160. The van der Waals surface area contributed by atoms with Crippen molar-refractivity contribution in [2.24, 2.45) is 0 Å². The van der Waals surface area contributed by atoms with Crippen LogP contribution in [0.25, 0.3) is 11.0 Å². The van der Waals surface area contributed by atoms with Gasteiger partial charge in [0, 0.05) is 17.0 Å². The Labute approximate surface area is 141 Å². The number of rotatable bonds is 3. The molecular formula is C19H15F3O3. The van der Waals surface area contributed by atoms with E-state index in [2.05, 4.69) is 0 Å². The fraction of sp³-hybridized carbons (Fsp3) is 0.211. The first-order valence-corrected chi connectivity index (χ1v) is 7.59. The van der Waals surface area contributed by atoms with E-state index in [-0.39, 0.29) is 17.6 Å². The lowest BCUT2D eigenvalue weighted by Crippen LogP contribution is -2.11. The summed E-state index contributed by atoms with van der Waals surface area (Å²) in [6, 6.07) is 10.9. The predicted octanol–water partition coefficient (Wildman–Crippen LogP) is 5.01. The maximum absolute atomic E-state index is 13.1. The van der Waals surface area contributed by atoms with Gasteiger partial charge in [0.25, 0.3) is 0 Å². The zero-order chi connectivity index (χ0) is 18.2. The van der Waals surface area contributed by atoms with E-state index in [4.69, 9.17) is 9.15 Å². The highest BCUT2D eigenvalue weighted by atomic mass is 19.4. The number of aryl methyl sites for hydroxylation is 2. The molecule has 25 heavy (non-hydrogen) atoms. The van der Waals surface area contributed by atoms with Crippen LogP contribution < -0.4 is 10.4 Å². The van der Waals surface area contributed by atoms with E-state index >= 15 is 0 Å². The molecule has 0 bridgehead atoms. The molecule has 0 aliphatic rings. The number of fused-ring (bicyclic) bond motifs is 1. The maximum Gasteiger partial charge on any atom is 0.417 e. The largest absolute Gasteiger partial charge is 0.488 e. The van der Waals surface area contributed by atoms with Crippen LogP contribution in [0.2, 0.25) is 0 Å². The molecule has 0 unspecified atom stereocenters. The first kappa shape index (κ1) is 17.1. The van der Waals surface area contributed by atoms with Crippen molar-refractivity contribution < 1.29 is 22.3 Å². The second kappa shape index (κ2) is 6.27. The molecule has 130 valence electrons. The Morgan fingerprint density at radius 3 is 2.36 bits per heavy atom. The zero-order valence-electron chi connectivity index (χ0n) is 13.6. The van der Waals surface area contributed by atoms with Gasteiger partial charge in [-0.3, -0.25) is 0 Å². The van der Waals surface area contributed by atoms with Crippen LogP contribution in [0.1, 0.15) is 22.3 Å². The van der Waals surface area contributed by atoms with Crippen molar-refractivity contribution in [1.82, 2.24) is 0 Å². The number of hydrogen-bond donors (Lipinski definition) is 0. The summed E-state index contributed by atoms with van der Waals surface area (Å²) in [6.07, 6.45) is -4.63. The Kier molecular flexibility index (Phi) is 4.29. The molecule has 6 heteroatoms. The highest BCUT2D eigenvalue weighted by Gasteiger charge is 2.34. The lowest BCUT2D eigenvalue weighted by Gasteiger charge is -2.13. The Balaban J connectivity index is 1.99. The van der Waals surface area contributed by atoms with Crippen molar-refractivity contribution >= 4 is 11.0 Å². The Hall–Kier alpha value is -2.76. The van der Waals surface area contributed by atoms with Crippen molar-refractivity contribution in [3.05, 3.63) is 75.1 Å². The monoisotopic (exact) mass is 348 g/mol. The van der Waals surface area contributed by atoms with E-state index in [0.717, 1.165) is 11.1 Å². The first-order chi connectivity index (χ1) is 11.8. The molecular weight excluding hydrogens is 333 g/mol. The fourth-order valence-corrected chi connectivity index (χ4v) is 2.58. The van der Waals surface area contributed by atoms with Crippen molar-refractivity contribution in [3.63, 3.8) is 0 Å². The standard InChI is InChI=1S/C19H15F3O3/c1-11-3-5-13(6-4-11)10-24-16-8-7-14-15(19(20,21)22)9-17(23)25-18(14)12(16)2/h3-9H,10H2,1-2H3. The van der Waals surface area contributed by atoms with Crippen LogP contribution in [-0.2, 0) is 12.8 Å². The average Bonchev–Trinajstić information content (AvgIpc) is 2.55. The van der Waals surface area contributed by atoms with Gasteiger partial charge in [0.2, 0.25) is 0 Å². The van der Waals surface area contributed by atoms with Crippen molar-refractivity contribution in [3.8, 4) is 5.75 Å². The van der Waals surface area contributed by atoms with Gasteiger partial charge in [0.15, 0.2) is 0 Å². The van der Waals surface area contributed by atoms with Crippen molar-refractivity contribution in [2.75, 3.05) is 0 Å². The van der Waals surface area contributed by atoms with Crippen LogP contribution in [0.15, 0.2) is 51.7 Å². The molecule has 3 nitrogen and oxygen atoms in total. The second-order valence-corrected chi connectivity index (χ2v) is 5.82.